The molecule has 22 heavy (non-hydrogen) atoms. The van der Waals surface area contributed by atoms with Crippen LogP contribution in [0.25, 0.3) is 26.4 Å². The van der Waals surface area contributed by atoms with Gasteiger partial charge in [-0.2, -0.15) is 0 Å². The molecule has 1 N–H and O–H groups in total. The van der Waals surface area contributed by atoms with E-state index in [2.05, 4.69) is 4.98 Å². The van der Waals surface area contributed by atoms with E-state index in [4.69, 9.17) is 11.6 Å². The molecule has 0 atom stereocenters. The Morgan fingerprint density at radius 3 is 2.73 bits per heavy atom. The Bertz CT molecular complexity index is 1080. The first kappa shape index (κ1) is 13.6. The van der Waals surface area contributed by atoms with E-state index in [1.54, 1.807) is 27.8 Å². The number of hydrogen-bond acceptors (Lipinski definition) is 3. The Labute approximate surface area is 136 Å². The van der Waals surface area contributed by atoms with Gasteiger partial charge < -0.3 is 0 Å². The normalized spacial score (nSPS) is 11.3. The van der Waals surface area contributed by atoms with Gasteiger partial charge in [0.15, 0.2) is 0 Å². The molecule has 0 spiro atoms. The van der Waals surface area contributed by atoms with Gasteiger partial charge >= 0.3 is 136 Å². The summed E-state index contributed by atoms with van der Waals surface area (Å²) in [5.74, 6) is 0.639. The van der Waals surface area contributed by atoms with Gasteiger partial charge in [0.05, 0.1) is 0 Å². The van der Waals surface area contributed by atoms with E-state index in [0.29, 0.717) is 21.7 Å². The number of para-hydroxylation sites is 1. The second kappa shape index (κ2) is 4.99. The van der Waals surface area contributed by atoms with Crippen molar-refractivity contribution < 1.29 is 5.11 Å². The fourth-order valence-electron chi connectivity index (χ4n) is 2.41. The third kappa shape index (κ3) is 1.98. The zero-order chi connectivity index (χ0) is 15.3. The molecule has 0 saturated heterocycles. The Morgan fingerprint density at radius 1 is 1.09 bits per heavy atom. The number of rotatable bonds is 1. The number of aromatic nitrogens is 2. The van der Waals surface area contributed by atoms with Crippen molar-refractivity contribution >= 4 is 46.9 Å². The number of aromatic hydroxyl groups is 1. The number of hydrogen-bond donors (Lipinski definition) is 1. The van der Waals surface area contributed by atoms with Crippen molar-refractivity contribution in [2.75, 3.05) is 0 Å². The summed E-state index contributed by atoms with van der Waals surface area (Å²) >= 11 is 5.93. The number of phenols is 1. The maximum atomic E-state index is 12.6. The molecule has 0 amide bonds. The third-order valence-corrected chi connectivity index (χ3v) is 6.02. The van der Waals surface area contributed by atoms with Crippen LogP contribution in [0.3, 0.4) is 0 Å². The Kier molecular flexibility index (Phi) is 3.08. The predicted octanol–water partition coefficient (Wildman–Crippen LogP) is 2.95. The van der Waals surface area contributed by atoms with Crippen LogP contribution in [0.4, 0.5) is 0 Å². The minimum absolute atomic E-state index is 0.106. The Hall–Kier alpha value is -2.07. The van der Waals surface area contributed by atoms with Crippen molar-refractivity contribution in [1.82, 2.24) is 8.55 Å². The van der Waals surface area contributed by atoms with Gasteiger partial charge in [-0.3, -0.25) is 0 Å². The Morgan fingerprint density at radius 2 is 1.91 bits per heavy atom. The molecule has 0 fully saturated rings. The monoisotopic (exact) mass is 376 g/mol. The number of fused-ring (bicyclic) bond motifs is 2. The number of nitrogens with zero attached hydrogens (tertiary/aromatic N) is 2. The first-order valence-electron chi connectivity index (χ1n) is 6.55. The standard InChI is InChI=1S/C16H9ClN2O2Se/c17-10-4-2-6-12-14(10)16(21)19(22-12)13-8-7-9-3-1-5-11(20)15(9)18-13/h1-8,20H. The number of halogens is 1. The van der Waals surface area contributed by atoms with Gasteiger partial charge in [0.25, 0.3) is 0 Å². The van der Waals surface area contributed by atoms with Crippen molar-refractivity contribution in [2.24, 2.45) is 0 Å². The van der Waals surface area contributed by atoms with Crippen LogP contribution in [-0.4, -0.2) is 28.4 Å². The third-order valence-electron chi connectivity index (χ3n) is 3.46. The van der Waals surface area contributed by atoms with E-state index in [1.807, 2.05) is 24.3 Å². The van der Waals surface area contributed by atoms with Crippen LogP contribution in [0, 0.1) is 0 Å². The zero-order valence-corrected chi connectivity index (χ0v) is 13.6. The van der Waals surface area contributed by atoms with Gasteiger partial charge in [0, 0.05) is 0 Å². The first-order chi connectivity index (χ1) is 10.6. The van der Waals surface area contributed by atoms with E-state index in [0.717, 1.165) is 9.65 Å². The molecule has 0 aliphatic carbocycles. The summed E-state index contributed by atoms with van der Waals surface area (Å²) in [7, 11) is 0. The van der Waals surface area contributed by atoms with E-state index in [-0.39, 0.29) is 26.0 Å². The van der Waals surface area contributed by atoms with Crippen LogP contribution >= 0.6 is 11.6 Å². The fourth-order valence-corrected chi connectivity index (χ4v) is 4.88. The minimum atomic E-state index is -0.206. The fraction of sp³-hybridized carbons (Fsp3) is 0. The molecule has 0 radical (unpaired) electrons. The van der Waals surface area contributed by atoms with E-state index in [1.165, 1.54) is 0 Å². The summed E-state index contributed by atoms with van der Waals surface area (Å²) < 4.78 is 2.58. The van der Waals surface area contributed by atoms with Gasteiger partial charge in [0.1, 0.15) is 0 Å². The summed E-state index contributed by atoms with van der Waals surface area (Å²) in [4.78, 5) is 17.0. The second-order valence-electron chi connectivity index (χ2n) is 4.82. The summed E-state index contributed by atoms with van der Waals surface area (Å²) in [5.41, 5.74) is 0.355. The molecule has 4 rings (SSSR count). The molecule has 108 valence electrons. The van der Waals surface area contributed by atoms with Crippen molar-refractivity contribution in [3.63, 3.8) is 0 Å². The van der Waals surface area contributed by atoms with Crippen LogP contribution in [0.15, 0.2) is 53.3 Å². The van der Waals surface area contributed by atoms with Gasteiger partial charge in [-0.05, 0) is 0 Å². The molecule has 0 aliphatic heterocycles. The van der Waals surface area contributed by atoms with Crippen LogP contribution < -0.4 is 5.56 Å². The molecule has 2 aromatic heterocycles. The first-order valence-corrected chi connectivity index (χ1v) is 8.55. The predicted molar refractivity (Wildman–Crippen MR) is 88.5 cm³/mol. The van der Waals surface area contributed by atoms with E-state index >= 15 is 0 Å². The quantitative estimate of drug-likeness (QED) is 0.520. The van der Waals surface area contributed by atoms with Gasteiger partial charge in [-0.25, -0.2) is 0 Å². The van der Waals surface area contributed by atoms with Gasteiger partial charge in [-0.15, -0.1) is 0 Å². The molecule has 2 aromatic carbocycles. The maximum absolute atomic E-state index is 12.6. The summed E-state index contributed by atoms with van der Waals surface area (Å²) in [6.07, 6.45) is 0. The topological polar surface area (TPSA) is 55.1 Å². The van der Waals surface area contributed by atoms with Crippen molar-refractivity contribution in [3.8, 4) is 11.6 Å². The molecule has 4 nitrogen and oxygen atoms in total. The summed E-state index contributed by atoms with van der Waals surface area (Å²) in [6, 6.07) is 14.3. The summed E-state index contributed by atoms with van der Waals surface area (Å²) in [5, 5.41) is 11.8. The summed E-state index contributed by atoms with van der Waals surface area (Å²) in [6.45, 7) is 0. The molecular formula is C16H9ClN2O2Se. The average Bonchev–Trinajstić information content (AvgIpc) is 2.86. The van der Waals surface area contributed by atoms with Crippen LogP contribution in [0.2, 0.25) is 5.02 Å². The van der Waals surface area contributed by atoms with Crippen LogP contribution in [0.5, 0.6) is 5.75 Å². The number of phenolic OH excluding ortho intramolecular Hbond substituents is 1. The van der Waals surface area contributed by atoms with Gasteiger partial charge in [0.2, 0.25) is 0 Å². The molecule has 2 heterocycles. The van der Waals surface area contributed by atoms with E-state index < -0.39 is 0 Å². The molecule has 6 heteroatoms. The van der Waals surface area contributed by atoms with Crippen molar-refractivity contribution in [3.05, 3.63) is 63.9 Å². The van der Waals surface area contributed by atoms with Crippen LogP contribution in [-0.2, 0) is 0 Å². The molecule has 0 aliphatic rings. The molecule has 0 bridgehead atoms. The SMILES string of the molecule is O=c1c2c(Cl)cccc2[se]n1-c1ccc2cccc(O)c2n1. The molecule has 0 saturated carbocycles. The molecular weight excluding hydrogens is 367 g/mol. The Balaban J connectivity index is 2.03. The van der Waals surface area contributed by atoms with Crippen molar-refractivity contribution in [2.45, 2.75) is 0 Å². The zero-order valence-electron chi connectivity index (χ0n) is 11.2. The molecule has 0 unspecified atom stereocenters. The molecule has 4 aromatic rings. The van der Waals surface area contributed by atoms with Crippen LogP contribution in [0.1, 0.15) is 0 Å². The second-order valence-corrected chi connectivity index (χ2v) is 7.30. The van der Waals surface area contributed by atoms with E-state index in [9.17, 15) is 9.90 Å². The number of benzene rings is 2. The number of pyridine rings is 1. The van der Waals surface area contributed by atoms with Gasteiger partial charge in [-0.1, -0.05) is 0 Å². The van der Waals surface area contributed by atoms with Crippen molar-refractivity contribution in [1.29, 1.82) is 0 Å². The average molecular weight is 376 g/mol.